The van der Waals surface area contributed by atoms with Gasteiger partial charge in [0.05, 0.1) is 0 Å². The van der Waals surface area contributed by atoms with Crippen LogP contribution < -0.4 is 153 Å². The van der Waals surface area contributed by atoms with E-state index >= 15 is 0 Å². The Morgan fingerprint density at radius 2 is 0.320 bits per heavy atom. The Kier molecular flexibility index (Phi) is 13.0. The van der Waals surface area contributed by atoms with E-state index in [4.69, 9.17) is 224 Å². The summed E-state index contributed by atoms with van der Waals surface area (Å²) in [5.41, 5.74) is -5.07. The molecular formula is C46B28O. The van der Waals surface area contributed by atoms with Gasteiger partial charge in [-0.05, 0) is 76.5 Å². The minimum Gasteiger partial charge on any atom is -0.457 e. The van der Waals surface area contributed by atoms with E-state index in [0.29, 0.717) is 0 Å². The lowest BCUT2D eigenvalue weighted by Gasteiger charge is -2.33. The first-order valence-electron chi connectivity index (χ1n) is 22.0. The van der Waals surface area contributed by atoms with Crippen molar-refractivity contribution in [1.82, 2.24) is 0 Å². The van der Waals surface area contributed by atoms with Gasteiger partial charge in [0.25, 0.3) is 0 Å². The SMILES string of the molecule is [B]c1c([B])c(-c2c([B])c([B])c([B])c3oc4c([B])c([B])c([B])c([B])c4c23)c([B])c([B])c1-c1c2c([B])c([B])c([B])c([B])c2c(-c2c([B])c3c([B])c([B])c([B])c([B])c3c3c([B])c([B])c([B])c([B])c23)c2c([B])c([B])c([B])c([B])c12. The highest BCUT2D eigenvalue weighted by Gasteiger charge is 2.32. The fourth-order valence-electron chi connectivity index (χ4n) is 10.7. The molecule has 0 atom stereocenters. The van der Waals surface area contributed by atoms with Gasteiger partial charge < -0.3 is 4.42 Å². The van der Waals surface area contributed by atoms with Gasteiger partial charge in [0.2, 0.25) is 0 Å². The maximum Gasteiger partial charge on any atom is 0.128 e. The summed E-state index contributed by atoms with van der Waals surface area (Å²) in [5.74, 6) is 0. The van der Waals surface area contributed by atoms with Gasteiger partial charge in [-0.2, -0.15) is 0 Å². The average molecular weight is 871 g/mol. The Morgan fingerprint density at radius 3 is 0.680 bits per heavy atom. The number of hydrogen-bond donors (Lipinski definition) is 0. The molecule has 0 aliphatic rings. The topological polar surface area (TPSA) is 13.1 Å². The number of furan rings is 1. The highest BCUT2D eigenvalue weighted by molar-refractivity contribution is 6.78. The van der Waals surface area contributed by atoms with E-state index in [2.05, 4.69) is 0 Å². The zero-order chi connectivity index (χ0) is 55.3. The minimum absolute atomic E-state index is 0.00928. The maximum absolute atomic E-state index is 7.36. The lowest BCUT2D eigenvalue weighted by Crippen LogP contribution is -2.52. The molecule has 0 spiro atoms. The second-order valence-corrected chi connectivity index (χ2v) is 18.3. The summed E-state index contributed by atoms with van der Waals surface area (Å²) in [6.07, 6.45) is 0. The first-order chi connectivity index (χ1) is 35.0. The summed E-state index contributed by atoms with van der Waals surface area (Å²) in [4.78, 5) is 0. The molecule has 0 aliphatic heterocycles. The zero-order valence-electron chi connectivity index (χ0n) is 39.6. The van der Waals surface area contributed by atoms with Crippen LogP contribution in [0.5, 0.6) is 0 Å². The number of rotatable bonds is 3. The Hall–Kier alpha value is -4.36. The molecule has 0 unspecified atom stereocenters. The standard InChI is InChI=1S/C46B28O/c47-17-3(8-9(23(53)37(67)36(66)22(8)52)10-14(17)30(60)39(69)38(68)24(10)54)1-4-6(20(50)34(64)32(62)18(4)48)2(7-5(1)19(49)33(63)35(65)21(7)51)13-26(56)28(58)15(29(59)27(13)57)11-12-16-31(61)40(70)42(72)44(74)46(16)75-45(12)43(73)41(71)25(11)55. The fourth-order valence-corrected chi connectivity index (χ4v) is 10.7. The second-order valence-electron chi connectivity index (χ2n) is 18.3. The van der Waals surface area contributed by atoms with Crippen LogP contribution in [0.4, 0.5) is 0 Å². The van der Waals surface area contributed by atoms with E-state index in [0.717, 1.165) is 0 Å². The van der Waals surface area contributed by atoms with E-state index in [1.807, 2.05) is 0 Å². The van der Waals surface area contributed by atoms with Crippen molar-refractivity contribution >= 4 is 438 Å². The number of hydrogen-bond acceptors (Lipinski definition) is 1. The smallest absolute Gasteiger partial charge is 0.128 e. The average Bonchev–Trinajstić information content (AvgIpc) is 3.79. The Bertz CT molecular complexity index is 4330. The van der Waals surface area contributed by atoms with Crippen molar-refractivity contribution in [3.63, 3.8) is 0 Å². The summed E-state index contributed by atoms with van der Waals surface area (Å²) < 4.78 is 6.20. The summed E-state index contributed by atoms with van der Waals surface area (Å²) in [5, 5.41) is 0.309. The van der Waals surface area contributed by atoms with Crippen molar-refractivity contribution in [1.29, 1.82) is 0 Å². The van der Waals surface area contributed by atoms with Crippen LogP contribution in [0.1, 0.15) is 0 Å². The van der Waals surface area contributed by atoms with Crippen LogP contribution >= 0.6 is 0 Å². The highest BCUT2D eigenvalue weighted by Crippen LogP contribution is 2.42. The first kappa shape index (κ1) is 54.0. The van der Waals surface area contributed by atoms with Crippen molar-refractivity contribution in [2.75, 3.05) is 0 Å². The molecule has 9 aromatic carbocycles. The van der Waals surface area contributed by atoms with Gasteiger partial charge >= 0.3 is 0 Å². The van der Waals surface area contributed by atoms with E-state index in [-0.39, 0.29) is 251 Å². The summed E-state index contributed by atoms with van der Waals surface area (Å²) in [6.45, 7) is 0. The van der Waals surface area contributed by atoms with Crippen LogP contribution in [0.15, 0.2) is 4.42 Å². The number of fused-ring (bicyclic) bond motifs is 8. The van der Waals surface area contributed by atoms with Gasteiger partial charge in [-0.1, -0.05) is 92.9 Å². The molecule has 10 aromatic rings. The Balaban J connectivity index is 1.50. The largest absolute Gasteiger partial charge is 0.457 e. The van der Waals surface area contributed by atoms with Crippen LogP contribution in [0.3, 0.4) is 0 Å². The molecule has 0 N–H and O–H groups in total. The van der Waals surface area contributed by atoms with Crippen LogP contribution in [0.2, 0.25) is 0 Å². The van der Waals surface area contributed by atoms with Crippen molar-refractivity contribution in [2.24, 2.45) is 0 Å². The van der Waals surface area contributed by atoms with Gasteiger partial charge in [-0.25, -0.2) is 0 Å². The molecule has 10 rings (SSSR count). The Labute approximate surface area is 472 Å². The van der Waals surface area contributed by atoms with E-state index in [9.17, 15) is 0 Å². The third-order valence-corrected chi connectivity index (χ3v) is 14.7. The van der Waals surface area contributed by atoms with Gasteiger partial charge in [0.15, 0.2) is 0 Å². The molecule has 1 heterocycles. The lowest BCUT2D eigenvalue weighted by molar-refractivity contribution is 0.675. The molecule has 0 aliphatic carbocycles. The molecule has 0 bridgehead atoms. The van der Waals surface area contributed by atoms with Crippen LogP contribution in [0, 0.1) is 0 Å². The molecule has 0 saturated heterocycles. The molecule has 0 saturated carbocycles. The third-order valence-electron chi connectivity index (χ3n) is 14.7. The highest BCUT2D eigenvalue weighted by atomic mass is 16.3. The van der Waals surface area contributed by atoms with E-state index in [1.54, 1.807) is 0 Å². The van der Waals surface area contributed by atoms with Gasteiger partial charge in [-0.3, -0.25) is 0 Å². The van der Waals surface area contributed by atoms with Crippen molar-refractivity contribution in [3.05, 3.63) is 0 Å². The van der Waals surface area contributed by atoms with Gasteiger partial charge in [-0.15, -0.1) is 60.1 Å². The normalized spacial score (nSPS) is 11.9. The second kappa shape index (κ2) is 18.1. The predicted molar refractivity (Wildman–Crippen MR) is 351 cm³/mol. The molecule has 56 radical (unpaired) electrons. The molecule has 75 heavy (non-hydrogen) atoms. The summed E-state index contributed by atoms with van der Waals surface area (Å²) in [7, 11) is 191. The van der Waals surface area contributed by atoms with Crippen molar-refractivity contribution in [2.45, 2.75) is 0 Å². The molecule has 274 valence electrons. The lowest BCUT2D eigenvalue weighted by atomic mass is 9.55. The van der Waals surface area contributed by atoms with Crippen LogP contribution in [-0.4, -0.2) is 220 Å². The number of benzene rings is 9. The molecule has 1 aromatic heterocycles. The summed E-state index contributed by atoms with van der Waals surface area (Å²) >= 11 is 0. The molecule has 0 fully saturated rings. The summed E-state index contributed by atoms with van der Waals surface area (Å²) in [6, 6.07) is 0. The van der Waals surface area contributed by atoms with Crippen molar-refractivity contribution in [3.8, 4) is 33.4 Å². The van der Waals surface area contributed by atoms with Crippen molar-refractivity contribution < 1.29 is 4.42 Å². The minimum atomic E-state index is -0.284. The first-order valence-corrected chi connectivity index (χ1v) is 22.0. The van der Waals surface area contributed by atoms with Gasteiger partial charge in [0.1, 0.15) is 231 Å². The quantitative estimate of drug-likeness (QED) is 0.0979. The molecule has 0 amide bonds. The molecular weight excluding hydrogens is 871 g/mol. The fraction of sp³-hybridized carbons (Fsp3) is 0. The van der Waals surface area contributed by atoms with Gasteiger partial charge in [0, 0.05) is 10.8 Å². The maximum atomic E-state index is 7.36. The predicted octanol–water partition coefficient (Wildman–Crippen LogP) is -20.6. The van der Waals surface area contributed by atoms with Crippen LogP contribution in [0.25, 0.3) is 98.4 Å². The Morgan fingerprint density at radius 1 is 0.120 bits per heavy atom. The van der Waals surface area contributed by atoms with Crippen LogP contribution in [-0.2, 0) is 0 Å². The van der Waals surface area contributed by atoms with E-state index in [1.165, 1.54) is 0 Å². The third kappa shape index (κ3) is 6.85. The van der Waals surface area contributed by atoms with E-state index < -0.39 is 0 Å². The molecule has 29 heteroatoms. The monoisotopic (exact) mass is 876 g/mol. The molecule has 1 nitrogen and oxygen atoms in total. The zero-order valence-corrected chi connectivity index (χ0v) is 39.6.